The molecule has 2 aromatic carbocycles. The quantitative estimate of drug-likeness (QED) is 0.921. The molecule has 1 heterocycles. The molecule has 1 N–H and O–H groups in total. The summed E-state index contributed by atoms with van der Waals surface area (Å²) < 4.78 is 0. The van der Waals surface area contributed by atoms with Crippen molar-refractivity contribution in [1.29, 1.82) is 0 Å². The maximum absolute atomic E-state index is 12.8. The molecular formula is C20H21NO2. The van der Waals surface area contributed by atoms with Crippen molar-refractivity contribution in [2.75, 3.05) is 6.54 Å². The molecule has 3 heteroatoms. The van der Waals surface area contributed by atoms with E-state index in [9.17, 15) is 9.90 Å². The predicted molar refractivity (Wildman–Crippen MR) is 89.3 cm³/mol. The lowest BCUT2D eigenvalue weighted by molar-refractivity contribution is -0.134. The molecule has 0 radical (unpaired) electrons. The van der Waals surface area contributed by atoms with Gasteiger partial charge in [0.2, 0.25) is 5.91 Å². The zero-order valence-corrected chi connectivity index (χ0v) is 13.3. The number of amides is 1. The van der Waals surface area contributed by atoms with Gasteiger partial charge < -0.3 is 10.0 Å². The fourth-order valence-electron chi connectivity index (χ4n) is 3.51. The molecular weight excluding hydrogens is 286 g/mol. The molecule has 3 nitrogen and oxygen atoms in total. The minimum absolute atomic E-state index is 0.0838. The normalized spacial score (nSPS) is 20.2. The van der Waals surface area contributed by atoms with Crippen LogP contribution < -0.4 is 0 Å². The zero-order chi connectivity index (χ0) is 16.0. The first-order valence-corrected chi connectivity index (χ1v) is 8.32. The molecule has 1 aliphatic heterocycles. The Hall–Kier alpha value is -2.29. The third kappa shape index (κ3) is 2.61. The van der Waals surface area contributed by atoms with Crippen molar-refractivity contribution in [2.45, 2.75) is 32.2 Å². The summed E-state index contributed by atoms with van der Waals surface area (Å²) >= 11 is 0. The van der Waals surface area contributed by atoms with E-state index < -0.39 is 0 Å². The molecule has 1 atom stereocenters. The van der Waals surface area contributed by atoms with Crippen LogP contribution in [0.15, 0.2) is 42.5 Å². The van der Waals surface area contributed by atoms with Crippen LogP contribution in [0.1, 0.15) is 41.1 Å². The van der Waals surface area contributed by atoms with Gasteiger partial charge in [0.1, 0.15) is 5.75 Å². The molecule has 2 aliphatic rings. The van der Waals surface area contributed by atoms with Gasteiger partial charge in [-0.2, -0.15) is 0 Å². The Labute approximate surface area is 136 Å². The molecule has 1 aliphatic carbocycles. The van der Waals surface area contributed by atoms with E-state index in [2.05, 4.69) is 31.2 Å². The first-order valence-electron chi connectivity index (χ1n) is 8.32. The van der Waals surface area contributed by atoms with E-state index >= 15 is 0 Å². The van der Waals surface area contributed by atoms with Crippen molar-refractivity contribution in [2.24, 2.45) is 5.92 Å². The lowest BCUT2D eigenvalue weighted by atomic mass is 9.87. The fraction of sp³-hybridized carbons (Fsp3) is 0.350. The first kappa shape index (κ1) is 14.3. The highest BCUT2D eigenvalue weighted by Crippen LogP contribution is 2.41. The van der Waals surface area contributed by atoms with Gasteiger partial charge in [0, 0.05) is 12.5 Å². The number of phenolic OH excluding ortho intramolecular Hbond substituents is 1. The topological polar surface area (TPSA) is 40.5 Å². The third-order valence-electron chi connectivity index (χ3n) is 4.96. The largest absolute Gasteiger partial charge is 0.508 e. The Morgan fingerprint density at radius 2 is 1.87 bits per heavy atom. The van der Waals surface area contributed by atoms with Crippen LogP contribution in [-0.2, 0) is 11.2 Å². The number of fused-ring (bicyclic) bond motifs is 1. The molecule has 118 valence electrons. The van der Waals surface area contributed by atoms with Gasteiger partial charge in [-0.05, 0) is 55.0 Å². The van der Waals surface area contributed by atoms with E-state index in [4.69, 9.17) is 0 Å². The molecule has 1 unspecified atom stereocenters. The number of carbonyl (C=O) groups excluding carboxylic acids is 1. The van der Waals surface area contributed by atoms with E-state index in [1.807, 2.05) is 17.0 Å². The molecule has 4 rings (SSSR count). The molecule has 0 aromatic heterocycles. The standard InChI is InChI=1S/C20H21NO2/c1-13-2-4-15(5-3-13)19-18-12-17(22)9-8-14(18)10-11-21(19)20(23)16-6-7-16/h2-5,8-9,12,16,19,22H,6-7,10-11H2,1H3. The minimum atomic E-state index is -0.0838. The Kier molecular flexibility index (Phi) is 3.37. The van der Waals surface area contributed by atoms with Gasteiger partial charge >= 0.3 is 0 Å². The Morgan fingerprint density at radius 3 is 2.57 bits per heavy atom. The molecule has 1 fully saturated rings. The van der Waals surface area contributed by atoms with Crippen LogP contribution in [0.2, 0.25) is 0 Å². The first-order chi connectivity index (χ1) is 11.1. The highest BCUT2D eigenvalue weighted by Gasteiger charge is 2.39. The average Bonchev–Trinajstić information content (AvgIpc) is 3.39. The van der Waals surface area contributed by atoms with Crippen molar-refractivity contribution in [3.05, 3.63) is 64.7 Å². The van der Waals surface area contributed by atoms with Crippen molar-refractivity contribution in [1.82, 2.24) is 4.90 Å². The van der Waals surface area contributed by atoms with Crippen LogP contribution in [0.5, 0.6) is 5.75 Å². The number of aromatic hydroxyl groups is 1. The second-order valence-corrected chi connectivity index (χ2v) is 6.75. The van der Waals surface area contributed by atoms with Crippen LogP contribution >= 0.6 is 0 Å². The van der Waals surface area contributed by atoms with Gasteiger partial charge in [-0.25, -0.2) is 0 Å². The highest BCUT2D eigenvalue weighted by molar-refractivity contribution is 5.82. The van der Waals surface area contributed by atoms with Crippen molar-refractivity contribution in [3.63, 3.8) is 0 Å². The summed E-state index contributed by atoms with van der Waals surface area (Å²) in [6.07, 6.45) is 2.89. The zero-order valence-electron chi connectivity index (χ0n) is 13.3. The Bertz CT molecular complexity index is 747. The summed E-state index contributed by atoms with van der Waals surface area (Å²) in [6.45, 7) is 2.82. The summed E-state index contributed by atoms with van der Waals surface area (Å²) in [5.41, 5.74) is 4.62. The number of nitrogens with zero attached hydrogens (tertiary/aromatic N) is 1. The number of aryl methyl sites for hydroxylation is 1. The van der Waals surface area contributed by atoms with Crippen molar-refractivity contribution >= 4 is 5.91 Å². The Morgan fingerprint density at radius 1 is 1.13 bits per heavy atom. The van der Waals surface area contributed by atoms with Crippen LogP contribution in [0, 0.1) is 12.8 Å². The second-order valence-electron chi connectivity index (χ2n) is 6.75. The van der Waals surface area contributed by atoms with Crippen LogP contribution in [0.25, 0.3) is 0 Å². The molecule has 23 heavy (non-hydrogen) atoms. The number of benzene rings is 2. The second kappa shape index (κ2) is 5.41. The molecule has 1 saturated carbocycles. The summed E-state index contributed by atoms with van der Waals surface area (Å²) in [5, 5.41) is 9.94. The van der Waals surface area contributed by atoms with Gasteiger partial charge in [-0.1, -0.05) is 35.9 Å². The summed E-state index contributed by atoms with van der Waals surface area (Å²) in [4.78, 5) is 14.8. The van der Waals surface area contributed by atoms with E-state index in [0.29, 0.717) is 0 Å². The number of carbonyl (C=O) groups is 1. The smallest absolute Gasteiger partial charge is 0.226 e. The predicted octanol–water partition coefficient (Wildman–Crippen LogP) is 3.58. The molecule has 0 spiro atoms. The van der Waals surface area contributed by atoms with Crippen LogP contribution in [0.4, 0.5) is 0 Å². The molecule has 0 saturated heterocycles. The van der Waals surface area contributed by atoms with Crippen LogP contribution in [0.3, 0.4) is 0 Å². The third-order valence-corrected chi connectivity index (χ3v) is 4.96. The van der Waals surface area contributed by atoms with Crippen LogP contribution in [-0.4, -0.2) is 22.5 Å². The SMILES string of the molecule is Cc1ccc(C2c3cc(O)ccc3CCN2C(=O)C2CC2)cc1. The van der Waals surface area contributed by atoms with Gasteiger partial charge in [0.15, 0.2) is 0 Å². The Balaban J connectivity index is 1.81. The van der Waals surface area contributed by atoms with Gasteiger partial charge in [-0.15, -0.1) is 0 Å². The van der Waals surface area contributed by atoms with E-state index in [0.717, 1.165) is 36.9 Å². The number of rotatable bonds is 2. The monoisotopic (exact) mass is 307 g/mol. The van der Waals surface area contributed by atoms with Gasteiger partial charge in [0.25, 0.3) is 0 Å². The highest BCUT2D eigenvalue weighted by atomic mass is 16.3. The maximum atomic E-state index is 12.8. The average molecular weight is 307 g/mol. The lowest BCUT2D eigenvalue weighted by Gasteiger charge is -2.38. The van der Waals surface area contributed by atoms with E-state index in [-0.39, 0.29) is 23.6 Å². The number of hydrogen-bond donors (Lipinski definition) is 1. The molecule has 2 aromatic rings. The maximum Gasteiger partial charge on any atom is 0.226 e. The van der Waals surface area contributed by atoms with Crippen molar-refractivity contribution in [3.8, 4) is 5.75 Å². The summed E-state index contributed by atoms with van der Waals surface area (Å²) in [6, 6.07) is 13.9. The number of hydrogen-bond acceptors (Lipinski definition) is 2. The van der Waals surface area contributed by atoms with Gasteiger partial charge in [0.05, 0.1) is 6.04 Å². The fourth-order valence-corrected chi connectivity index (χ4v) is 3.51. The molecule has 0 bridgehead atoms. The van der Waals surface area contributed by atoms with Gasteiger partial charge in [-0.3, -0.25) is 4.79 Å². The summed E-state index contributed by atoms with van der Waals surface area (Å²) in [5.74, 6) is 0.743. The summed E-state index contributed by atoms with van der Waals surface area (Å²) in [7, 11) is 0. The van der Waals surface area contributed by atoms with E-state index in [1.54, 1.807) is 6.07 Å². The minimum Gasteiger partial charge on any atom is -0.508 e. The molecule has 1 amide bonds. The van der Waals surface area contributed by atoms with E-state index in [1.165, 1.54) is 11.1 Å². The lowest BCUT2D eigenvalue weighted by Crippen LogP contribution is -2.41. The number of phenols is 1. The van der Waals surface area contributed by atoms with Crippen molar-refractivity contribution < 1.29 is 9.90 Å².